The van der Waals surface area contributed by atoms with Crippen LogP contribution in [-0.2, 0) is 19.1 Å². The highest BCUT2D eigenvalue weighted by atomic mass is 19.1. The molecule has 2 aliphatic rings. The minimum atomic E-state index is -0.965. The molecule has 2 heterocycles. The highest BCUT2D eigenvalue weighted by Crippen LogP contribution is 2.30. The Labute approximate surface area is 197 Å². The number of carbonyl (C=O) groups excluding carboxylic acids is 3. The number of cyclic esters (lactones) is 1. The molecule has 1 aliphatic heterocycles. The number of rotatable bonds is 8. The molecule has 2 amide bonds. The number of esters is 1. The van der Waals surface area contributed by atoms with Gasteiger partial charge in [0.25, 0.3) is 0 Å². The number of amides is 2. The van der Waals surface area contributed by atoms with Crippen LogP contribution < -0.4 is 5.43 Å². The molecule has 0 spiro atoms. The van der Waals surface area contributed by atoms with E-state index in [0.717, 1.165) is 24.3 Å². The SMILES string of the molecule is CCOC1OC(=O)C[C@@H]1N(NC(=O)c1ccc(-c2cccc(F)c2)o1)C(=O)CCC1CCCC1. The zero-order valence-electron chi connectivity index (χ0n) is 19.1. The lowest BCUT2D eigenvalue weighted by molar-refractivity contribution is -0.172. The second-order valence-corrected chi connectivity index (χ2v) is 8.65. The number of ether oxygens (including phenoxy) is 2. The third-order valence-corrected chi connectivity index (χ3v) is 6.27. The molecule has 182 valence electrons. The van der Waals surface area contributed by atoms with Crippen molar-refractivity contribution in [1.82, 2.24) is 10.4 Å². The number of nitrogens with zero attached hydrogens (tertiary/aromatic N) is 1. The highest BCUT2D eigenvalue weighted by Gasteiger charge is 2.43. The Morgan fingerprint density at radius 2 is 2.00 bits per heavy atom. The van der Waals surface area contributed by atoms with E-state index in [1.54, 1.807) is 25.1 Å². The molecule has 1 unspecified atom stereocenters. The molecule has 1 saturated heterocycles. The molecule has 2 atom stereocenters. The summed E-state index contributed by atoms with van der Waals surface area (Å²) in [5.41, 5.74) is 3.08. The number of carbonyl (C=O) groups is 3. The quantitative estimate of drug-likeness (QED) is 0.457. The second-order valence-electron chi connectivity index (χ2n) is 8.65. The van der Waals surface area contributed by atoms with E-state index in [0.29, 0.717) is 17.2 Å². The monoisotopic (exact) mass is 472 g/mol. The lowest BCUT2D eigenvalue weighted by Crippen LogP contribution is -2.55. The molecular weight excluding hydrogens is 443 g/mol. The van der Waals surface area contributed by atoms with Crippen LogP contribution in [0.5, 0.6) is 0 Å². The molecule has 34 heavy (non-hydrogen) atoms. The van der Waals surface area contributed by atoms with Gasteiger partial charge >= 0.3 is 11.9 Å². The Morgan fingerprint density at radius 3 is 2.74 bits per heavy atom. The number of furan rings is 1. The van der Waals surface area contributed by atoms with Gasteiger partial charge in [0, 0.05) is 18.6 Å². The Morgan fingerprint density at radius 1 is 1.21 bits per heavy atom. The van der Waals surface area contributed by atoms with Crippen molar-refractivity contribution < 1.29 is 32.7 Å². The van der Waals surface area contributed by atoms with Crippen molar-refractivity contribution in [3.8, 4) is 11.3 Å². The number of nitrogens with one attached hydrogen (secondary N) is 1. The van der Waals surface area contributed by atoms with Gasteiger partial charge in [0.2, 0.25) is 12.2 Å². The van der Waals surface area contributed by atoms with Gasteiger partial charge in [-0.25, -0.2) is 9.40 Å². The standard InChI is InChI=1S/C25H29FN2O6/c1-2-32-25-19(15-23(30)34-25)28(22(29)13-10-16-6-3-4-7-16)27-24(31)21-12-11-20(33-21)17-8-5-9-18(26)14-17/h5,8-9,11-12,14,16,19,25H,2-4,6-7,10,13,15H2,1H3,(H,27,31)/t19-,25?/m0/s1. The summed E-state index contributed by atoms with van der Waals surface area (Å²) in [6.45, 7) is 2.03. The van der Waals surface area contributed by atoms with E-state index in [9.17, 15) is 18.8 Å². The Hall–Kier alpha value is -3.20. The van der Waals surface area contributed by atoms with Crippen molar-refractivity contribution in [3.05, 3.63) is 48.0 Å². The van der Waals surface area contributed by atoms with E-state index in [1.165, 1.54) is 31.0 Å². The van der Waals surface area contributed by atoms with Crippen molar-refractivity contribution >= 4 is 17.8 Å². The molecule has 8 nitrogen and oxygen atoms in total. The first-order chi connectivity index (χ1) is 16.4. The van der Waals surface area contributed by atoms with Crippen molar-refractivity contribution in [3.63, 3.8) is 0 Å². The molecule has 1 aromatic heterocycles. The highest BCUT2D eigenvalue weighted by molar-refractivity contribution is 5.93. The van der Waals surface area contributed by atoms with Gasteiger partial charge < -0.3 is 13.9 Å². The molecular formula is C25H29FN2O6. The van der Waals surface area contributed by atoms with Crippen LogP contribution in [0.4, 0.5) is 4.39 Å². The van der Waals surface area contributed by atoms with Crippen LogP contribution in [0.15, 0.2) is 40.8 Å². The predicted octanol–water partition coefficient (Wildman–Crippen LogP) is 4.21. The second kappa shape index (κ2) is 10.8. The molecule has 4 rings (SSSR count). The van der Waals surface area contributed by atoms with E-state index < -0.39 is 30.0 Å². The number of hydrogen-bond acceptors (Lipinski definition) is 6. The van der Waals surface area contributed by atoms with Crippen LogP contribution in [-0.4, -0.2) is 41.7 Å². The average Bonchev–Trinajstić information content (AvgIpc) is 3.57. The van der Waals surface area contributed by atoms with E-state index in [1.807, 2.05) is 0 Å². The smallest absolute Gasteiger partial charge is 0.310 e. The molecule has 2 fully saturated rings. The Kier molecular flexibility index (Phi) is 7.62. The first-order valence-electron chi connectivity index (χ1n) is 11.7. The number of halogens is 1. The normalized spacial score (nSPS) is 20.4. The summed E-state index contributed by atoms with van der Waals surface area (Å²) < 4.78 is 29.9. The molecule has 9 heteroatoms. The lowest BCUT2D eigenvalue weighted by Gasteiger charge is -2.31. The van der Waals surface area contributed by atoms with E-state index in [2.05, 4.69) is 5.43 Å². The minimum absolute atomic E-state index is 0.0499. The topological polar surface area (TPSA) is 98.1 Å². The van der Waals surface area contributed by atoms with Crippen LogP contribution in [0.25, 0.3) is 11.3 Å². The summed E-state index contributed by atoms with van der Waals surface area (Å²) in [5.74, 6) is -1.15. The zero-order valence-corrected chi connectivity index (χ0v) is 19.1. The van der Waals surface area contributed by atoms with Gasteiger partial charge in [-0.15, -0.1) is 0 Å². The summed E-state index contributed by atoms with van der Waals surface area (Å²) >= 11 is 0. The summed E-state index contributed by atoms with van der Waals surface area (Å²) in [7, 11) is 0. The van der Waals surface area contributed by atoms with Gasteiger partial charge in [0.15, 0.2) is 5.76 Å². The van der Waals surface area contributed by atoms with Crippen LogP contribution >= 0.6 is 0 Å². The first kappa shape index (κ1) is 23.9. The molecule has 0 radical (unpaired) electrons. The third-order valence-electron chi connectivity index (χ3n) is 6.27. The zero-order chi connectivity index (χ0) is 24.1. The average molecular weight is 473 g/mol. The molecule has 1 N–H and O–H groups in total. The van der Waals surface area contributed by atoms with Crippen molar-refractivity contribution in [2.45, 2.75) is 64.2 Å². The minimum Gasteiger partial charge on any atom is -0.451 e. The third kappa shape index (κ3) is 5.64. The van der Waals surface area contributed by atoms with Gasteiger partial charge in [-0.05, 0) is 43.5 Å². The van der Waals surface area contributed by atoms with Gasteiger partial charge in [0.1, 0.15) is 17.6 Å². The number of hydrazine groups is 1. The maximum Gasteiger partial charge on any atom is 0.310 e. The fourth-order valence-electron chi connectivity index (χ4n) is 4.54. The summed E-state index contributed by atoms with van der Waals surface area (Å²) in [4.78, 5) is 38.2. The van der Waals surface area contributed by atoms with Gasteiger partial charge in [-0.3, -0.25) is 19.8 Å². The number of benzene rings is 1. The maximum atomic E-state index is 13.6. The van der Waals surface area contributed by atoms with Crippen LogP contribution in [0.1, 0.15) is 62.4 Å². The predicted molar refractivity (Wildman–Crippen MR) is 120 cm³/mol. The molecule has 1 saturated carbocycles. The number of hydrogen-bond donors (Lipinski definition) is 1. The summed E-state index contributed by atoms with van der Waals surface area (Å²) in [6.07, 6.45) is 4.44. The van der Waals surface area contributed by atoms with Crippen LogP contribution in [0.2, 0.25) is 0 Å². The molecule has 1 aromatic carbocycles. The summed E-state index contributed by atoms with van der Waals surface area (Å²) in [5, 5.41) is 1.16. The van der Waals surface area contributed by atoms with Crippen molar-refractivity contribution in [2.24, 2.45) is 5.92 Å². The van der Waals surface area contributed by atoms with Crippen LogP contribution in [0.3, 0.4) is 0 Å². The lowest BCUT2D eigenvalue weighted by atomic mass is 10.0. The van der Waals surface area contributed by atoms with Crippen molar-refractivity contribution in [1.29, 1.82) is 0 Å². The summed E-state index contributed by atoms with van der Waals surface area (Å²) in [6, 6.07) is 8.04. The van der Waals surface area contributed by atoms with E-state index >= 15 is 0 Å². The molecule has 0 bridgehead atoms. The van der Waals surface area contributed by atoms with E-state index in [4.69, 9.17) is 13.9 Å². The molecule has 1 aliphatic carbocycles. The van der Waals surface area contributed by atoms with Gasteiger partial charge in [0.05, 0.1) is 6.42 Å². The van der Waals surface area contributed by atoms with Crippen LogP contribution in [0, 0.1) is 11.7 Å². The fourth-order valence-corrected chi connectivity index (χ4v) is 4.54. The Balaban J connectivity index is 1.50. The molecule has 2 aromatic rings. The van der Waals surface area contributed by atoms with E-state index in [-0.39, 0.29) is 31.1 Å². The largest absolute Gasteiger partial charge is 0.451 e. The fraction of sp³-hybridized carbons (Fsp3) is 0.480. The maximum absolute atomic E-state index is 13.6. The Bertz CT molecular complexity index is 1030. The first-order valence-corrected chi connectivity index (χ1v) is 11.7. The van der Waals surface area contributed by atoms with Gasteiger partial charge in [-0.1, -0.05) is 37.8 Å². The van der Waals surface area contributed by atoms with Crippen molar-refractivity contribution in [2.75, 3.05) is 6.61 Å². The van der Waals surface area contributed by atoms with Gasteiger partial charge in [-0.2, -0.15) is 0 Å².